The molecule has 0 bridgehead atoms. The Hall–Kier alpha value is -2.75. The second-order valence-electron chi connectivity index (χ2n) is 4.64. The monoisotopic (exact) mass is 281 g/mol. The van der Waals surface area contributed by atoms with Crippen LogP contribution >= 0.6 is 0 Å². The maximum Gasteiger partial charge on any atom is 0.270 e. The SMILES string of the molecule is COc1ccc2ccc[n+]([O-])c2c1OCc1ccccc1. The molecular weight excluding hydrogens is 266 g/mol. The zero-order valence-electron chi connectivity index (χ0n) is 11.7. The minimum Gasteiger partial charge on any atom is -0.618 e. The Balaban J connectivity index is 2.03. The van der Waals surface area contributed by atoms with E-state index < -0.39 is 0 Å². The second-order valence-corrected chi connectivity index (χ2v) is 4.64. The van der Waals surface area contributed by atoms with Crippen molar-refractivity contribution in [1.82, 2.24) is 0 Å². The van der Waals surface area contributed by atoms with Crippen molar-refractivity contribution in [3.63, 3.8) is 0 Å². The van der Waals surface area contributed by atoms with E-state index in [1.165, 1.54) is 6.20 Å². The summed E-state index contributed by atoms with van der Waals surface area (Å²) in [5.41, 5.74) is 1.51. The highest BCUT2D eigenvalue weighted by atomic mass is 16.5. The van der Waals surface area contributed by atoms with E-state index in [0.717, 1.165) is 15.7 Å². The summed E-state index contributed by atoms with van der Waals surface area (Å²) in [6.45, 7) is 0.380. The van der Waals surface area contributed by atoms with Gasteiger partial charge in [-0.3, -0.25) is 0 Å². The third-order valence-electron chi connectivity index (χ3n) is 3.29. The van der Waals surface area contributed by atoms with Crippen molar-refractivity contribution in [2.75, 3.05) is 7.11 Å². The summed E-state index contributed by atoms with van der Waals surface area (Å²) in [7, 11) is 1.56. The number of methoxy groups -OCH3 is 1. The fourth-order valence-corrected chi connectivity index (χ4v) is 2.26. The number of hydrogen-bond donors (Lipinski definition) is 0. The van der Waals surface area contributed by atoms with Gasteiger partial charge in [0.25, 0.3) is 5.52 Å². The minimum atomic E-state index is 0.380. The molecule has 0 unspecified atom stereocenters. The predicted octanol–water partition coefficient (Wildman–Crippen LogP) is 3.06. The van der Waals surface area contributed by atoms with Gasteiger partial charge in [-0.1, -0.05) is 30.3 Å². The fourth-order valence-electron chi connectivity index (χ4n) is 2.26. The molecule has 0 fully saturated rings. The second kappa shape index (κ2) is 5.71. The van der Waals surface area contributed by atoms with Crippen molar-refractivity contribution >= 4 is 10.9 Å². The molecule has 0 atom stereocenters. The molecule has 3 rings (SSSR count). The van der Waals surface area contributed by atoms with Gasteiger partial charge in [-0.25, -0.2) is 0 Å². The lowest BCUT2D eigenvalue weighted by Gasteiger charge is -2.12. The summed E-state index contributed by atoms with van der Waals surface area (Å²) >= 11 is 0. The Bertz CT molecular complexity index is 757. The number of benzene rings is 2. The largest absolute Gasteiger partial charge is 0.618 e. The smallest absolute Gasteiger partial charge is 0.270 e. The first-order valence-corrected chi connectivity index (χ1v) is 6.65. The number of pyridine rings is 1. The van der Waals surface area contributed by atoms with Crippen LogP contribution in [0.25, 0.3) is 10.9 Å². The average molecular weight is 281 g/mol. The Morgan fingerprint density at radius 2 is 1.81 bits per heavy atom. The van der Waals surface area contributed by atoms with Crippen molar-refractivity contribution in [1.29, 1.82) is 0 Å². The zero-order chi connectivity index (χ0) is 14.7. The topological polar surface area (TPSA) is 45.4 Å². The Morgan fingerprint density at radius 3 is 2.57 bits per heavy atom. The van der Waals surface area contributed by atoms with E-state index in [9.17, 15) is 5.21 Å². The van der Waals surface area contributed by atoms with Crippen molar-refractivity contribution in [2.24, 2.45) is 0 Å². The molecule has 4 heteroatoms. The van der Waals surface area contributed by atoms with Crippen LogP contribution < -0.4 is 14.2 Å². The molecule has 4 nitrogen and oxygen atoms in total. The first kappa shape index (κ1) is 13.2. The molecule has 0 saturated carbocycles. The Kier molecular flexibility index (Phi) is 3.60. The molecule has 2 aromatic carbocycles. The van der Waals surface area contributed by atoms with Gasteiger partial charge in [0.15, 0.2) is 11.9 Å². The van der Waals surface area contributed by atoms with Gasteiger partial charge in [-0.2, -0.15) is 4.73 Å². The molecule has 0 aliphatic heterocycles. The normalized spacial score (nSPS) is 10.5. The quantitative estimate of drug-likeness (QED) is 0.545. The summed E-state index contributed by atoms with van der Waals surface area (Å²) in [5.74, 6) is 1.02. The molecule has 0 N–H and O–H groups in total. The van der Waals surface area contributed by atoms with E-state index >= 15 is 0 Å². The van der Waals surface area contributed by atoms with Gasteiger partial charge in [0.1, 0.15) is 6.61 Å². The Labute approximate surface area is 122 Å². The summed E-state index contributed by atoms with van der Waals surface area (Å²) in [6.07, 6.45) is 1.46. The number of ether oxygens (including phenoxy) is 2. The maximum atomic E-state index is 12.1. The van der Waals surface area contributed by atoms with Crippen LogP contribution in [0.1, 0.15) is 5.56 Å². The summed E-state index contributed by atoms with van der Waals surface area (Å²) in [6, 6.07) is 17.0. The molecule has 106 valence electrons. The van der Waals surface area contributed by atoms with Gasteiger partial charge in [0.05, 0.1) is 12.5 Å². The molecule has 0 amide bonds. The van der Waals surface area contributed by atoms with Crippen LogP contribution in [0.3, 0.4) is 0 Å². The van der Waals surface area contributed by atoms with E-state index in [1.807, 2.05) is 48.5 Å². The molecular formula is C17H15NO3. The first-order chi connectivity index (χ1) is 10.3. The molecule has 0 aliphatic carbocycles. The van der Waals surface area contributed by atoms with Gasteiger partial charge >= 0.3 is 0 Å². The third kappa shape index (κ3) is 2.60. The summed E-state index contributed by atoms with van der Waals surface area (Å²) in [4.78, 5) is 0. The van der Waals surface area contributed by atoms with Gasteiger partial charge < -0.3 is 14.7 Å². The zero-order valence-corrected chi connectivity index (χ0v) is 11.7. The van der Waals surface area contributed by atoms with Gasteiger partial charge in [-0.15, -0.1) is 0 Å². The van der Waals surface area contributed by atoms with Crippen LogP contribution in [0.4, 0.5) is 0 Å². The first-order valence-electron chi connectivity index (χ1n) is 6.65. The highest BCUT2D eigenvalue weighted by Crippen LogP contribution is 2.33. The molecule has 0 saturated heterocycles. The lowest BCUT2D eigenvalue weighted by molar-refractivity contribution is -0.577. The van der Waals surface area contributed by atoms with E-state index in [1.54, 1.807) is 13.2 Å². The van der Waals surface area contributed by atoms with Crippen LogP contribution in [0.15, 0.2) is 60.8 Å². The fraction of sp³-hybridized carbons (Fsp3) is 0.118. The lowest BCUT2D eigenvalue weighted by atomic mass is 10.2. The number of nitrogens with zero attached hydrogens (tertiary/aromatic N) is 1. The number of fused-ring (bicyclic) bond motifs is 1. The predicted molar refractivity (Wildman–Crippen MR) is 80.2 cm³/mol. The van der Waals surface area contributed by atoms with Crippen molar-refractivity contribution in [2.45, 2.75) is 6.61 Å². The number of hydrogen-bond acceptors (Lipinski definition) is 3. The summed E-state index contributed by atoms with van der Waals surface area (Å²) < 4.78 is 12.0. The lowest BCUT2D eigenvalue weighted by Crippen LogP contribution is -2.26. The third-order valence-corrected chi connectivity index (χ3v) is 3.29. The molecule has 0 aliphatic rings. The number of aromatic nitrogens is 1. The van der Waals surface area contributed by atoms with E-state index in [2.05, 4.69) is 0 Å². The minimum absolute atomic E-state index is 0.380. The standard InChI is InChI=1S/C17H15NO3/c1-20-15-10-9-14-8-5-11-18(19)16(14)17(15)21-12-13-6-3-2-4-7-13/h2-11H,12H2,1H3. The van der Waals surface area contributed by atoms with Crippen molar-refractivity contribution in [3.05, 3.63) is 71.6 Å². The molecule has 21 heavy (non-hydrogen) atoms. The van der Waals surface area contributed by atoms with Crippen LogP contribution in [-0.4, -0.2) is 7.11 Å². The van der Waals surface area contributed by atoms with E-state index in [0.29, 0.717) is 23.6 Å². The highest BCUT2D eigenvalue weighted by Gasteiger charge is 2.17. The summed E-state index contributed by atoms with van der Waals surface area (Å²) in [5, 5.41) is 12.9. The van der Waals surface area contributed by atoms with Crippen molar-refractivity contribution < 1.29 is 14.2 Å². The van der Waals surface area contributed by atoms with Crippen LogP contribution in [-0.2, 0) is 6.61 Å². The molecule has 3 aromatic rings. The van der Waals surface area contributed by atoms with Gasteiger partial charge in [0, 0.05) is 6.07 Å². The van der Waals surface area contributed by atoms with E-state index in [-0.39, 0.29) is 0 Å². The molecule has 0 spiro atoms. The average Bonchev–Trinajstić information content (AvgIpc) is 2.53. The van der Waals surface area contributed by atoms with Gasteiger partial charge in [0.2, 0.25) is 5.75 Å². The number of rotatable bonds is 4. The maximum absolute atomic E-state index is 12.1. The van der Waals surface area contributed by atoms with Crippen LogP contribution in [0.5, 0.6) is 11.5 Å². The molecule has 1 heterocycles. The van der Waals surface area contributed by atoms with Crippen LogP contribution in [0, 0.1) is 5.21 Å². The van der Waals surface area contributed by atoms with Crippen LogP contribution in [0.2, 0.25) is 0 Å². The molecule has 1 aromatic heterocycles. The Morgan fingerprint density at radius 1 is 1.00 bits per heavy atom. The highest BCUT2D eigenvalue weighted by molar-refractivity contribution is 5.84. The van der Waals surface area contributed by atoms with Crippen molar-refractivity contribution in [3.8, 4) is 11.5 Å². The molecule has 0 radical (unpaired) electrons. The van der Waals surface area contributed by atoms with E-state index in [4.69, 9.17) is 9.47 Å². The van der Waals surface area contributed by atoms with Gasteiger partial charge in [-0.05, 0) is 23.8 Å².